The number of hydrogen-bond donors (Lipinski definition) is 2. The minimum Gasteiger partial charge on any atom is -0.370 e. The van der Waals surface area contributed by atoms with Gasteiger partial charge in [-0.2, -0.15) is 0 Å². The van der Waals surface area contributed by atoms with Crippen molar-refractivity contribution in [2.45, 2.75) is 32.9 Å². The van der Waals surface area contributed by atoms with Crippen molar-refractivity contribution in [3.8, 4) is 0 Å². The van der Waals surface area contributed by atoms with E-state index in [0.29, 0.717) is 12.1 Å². The van der Waals surface area contributed by atoms with E-state index < -0.39 is 0 Å². The molecular weight excluding hydrogens is 236 g/mol. The van der Waals surface area contributed by atoms with Gasteiger partial charge in [-0.15, -0.1) is 0 Å². The summed E-state index contributed by atoms with van der Waals surface area (Å²) in [6.45, 7) is 7.25. The van der Waals surface area contributed by atoms with Gasteiger partial charge in [-0.05, 0) is 32.9 Å². The van der Waals surface area contributed by atoms with E-state index in [1.54, 1.807) is 7.05 Å². The maximum atomic E-state index is 4.21. The number of benzene rings is 1. The Hall–Kier alpha value is -1.71. The number of para-hydroxylation sites is 1. The fourth-order valence-corrected chi connectivity index (χ4v) is 1.77. The van der Waals surface area contributed by atoms with Crippen LogP contribution in [0.1, 0.15) is 20.8 Å². The van der Waals surface area contributed by atoms with Crippen molar-refractivity contribution in [2.75, 3.05) is 25.5 Å². The first-order valence-electron chi connectivity index (χ1n) is 6.79. The van der Waals surface area contributed by atoms with Crippen LogP contribution in [0.2, 0.25) is 0 Å². The van der Waals surface area contributed by atoms with E-state index in [1.165, 1.54) is 5.69 Å². The zero-order valence-corrected chi connectivity index (χ0v) is 12.6. The van der Waals surface area contributed by atoms with Gasteiger partial charge in [-0.25, -0.2) is 0 Å². The zero-order valence-electron chi connectivity index (χ0n) is 12.6. The van der Waals surface area contributed by atoms with Crippen LogP contribution in [0.3, 0.4) is 0 Å². The lowest BCUT2D eigenvalue weighted by molar-refractivity contribution is 0.635. The quantitative estimate of drug-likeness (QED) is 0.630. The highest BCUT2D eigenvalue weighted by molar-refractivity contribution is 5.79. The molecule has 0 radical (unpaired) electrons. The highest BCUT2D eigenvalue weighted by Gasteiger charge is 2.10. The van der Waals surface area contributed by atoms with E-state index >= 15 is 0 Å². The molecule has 0 fully saturated rings. The number of rotatable bonds is 5. The molecule has 0 bridgehead atoms. The Bertz CT molecular complexity index is 386. The number of likely N-dealkylation sites (N-methyl/N-ethyl adjacent to an activating group) is 1. The highest BCUT2D eigenvalue weighted by Crippen LogP contribution is 2.13. The third kappa shape index (κ3) is 5.20. The summed E-state index contributed by atoms with van der Waals surface area (Å²) in [4.78, 5) is 6.47. The summed E-state index contributed by atoms with van der Waals surface area (Å²) >= 11 is 0. The maximum Gasteiger partial charge on any atom is 0.191 e. The van der Waals surface area contributed by atoms with E-state index in [9.17, 15) is 0 Å². The second-order valence-electron chi connectivity index (χ2n) is 5.05. The van der Waals surface area contributed by atoms with Crippen molar-refractivity contribution in [3.63, 3.8) is 0 Å². The molecule has 0 amide bonds. The van der Waals surface area contributed by atoms with E-state index in [0.717, 1.165) is 12.5 Å². The standard InChI is InChI=1S/C15H26N4/c1-12(2)18-15(16-4)17-11-13(3)19(5)14-9-7-6-8-10-14/h6-10,12-13H,11H2,1-5H3,(H2,16,17,18). The first-order chi connectivity index (χ1) is 9.04. The van der Waals surface area contributed by atoms with Gasteiger partial charge in [0.2, 0.25) is 0 Å². The van der Waals surface area contributed by atoms with Gasteiger partial charge in [0, 0.05) is 38.4 Å². The van der Waals surface area contributed by atoms with Gasteiger partial charge >= 0.3 is 0 Å². The molecule has 0 heterocycles. The van der Waals surface area contributed by atoms with E-state index in [1.807, 2.05) is 6.07 Å². The van der Waals surface area contributed by atoms with Crippen molar-refractivity contribution in [1.29, 1.82) is 0 Å². The van der Waals surface area contributed by atoms with Crippen LogP contribution < -0.4 is 15.5 Å². The van der Waals surface area contributed by atoms with Gasteiger partial charge in [-0.3, -0.25) is 4.99 Å². The van der Waals surface area contributed by atoms with Crippen LogP contribution in [0.4, 0.5) is 5.69 Å². The van der Waals surface area contributed by atoms with E-state index in [-0.39, 0.29) is 0 Å². The Balaban J connectivity index is 2.49. The summed E-state index contributed by atoms with van der Waals surface area (Å²) in [5.74, 6) is 0.850. The fourth-order valence-electron chi connectivity index (χ4n) is 1.77. The first-order valence-corrected chi connectivity index (χ1v) is 6.79. The molecule has 0 saturated heterocycles. The van der Waals surface area contributed by atoms with Gasteiger partial charge in [0.15, 0.2) is 5.96 Å². The maximum absolute atomic E-state index is 4.21. The molecule has 106 valence electrons. The molecule has 0 aliphatic carbocycles. The minimum atomic E-state index is 0.383. The number of nitrogens with one attached hydrogen (secondary N) is 2. The topological polar surface area (TPSA) is 39.7 Å². The molecule has 1 aromatic carbocycles. The second kappa shape index (κ2) is 7.67. The van der Waals surface area contributed by atoms with Gasteiger partial charge in [0.05, 0.1) is 0 Å². The highest BCUT2D eigenvalue weighted by atomic mass is 15.2. The Morgan fingerprint density at radius 3 is 2.37 bits per heavy atom. The molecule has 4 nitrogen and oxygen atoms in total. The first kappa shape index (κ1) is 15.3. The molecule has 0 aromatic heterocycles. The predicted molar refractivity (Wildman–Crippen MR) is 83.9 cm³/mol. The molecule has 4 heteroatoms. The van der Waals surface area contributed by atoms with Gasteiger partial charge in [0.25, 0.3) is 0 Å². The monoisotopic (exact) mass is 262 g/mol. The third-order valence-corrected chi connectivity index (χ3v) is 3.04. The number of anilines is 1. The predicted octanol–water partition coefficient (Wildman–Crippen LogP) is 2.08. The van der Waals surface area contributed by atoms with Crippen LogP contribution in [0.25, 0.3) is 0 Å². The lowest BCUT2D eigenvalue weighted by Crippen LogP contribution is -2.46. The molecule has 19 heavy (non-hydrogen) atoms. The number of hydrogen-bond acceptors (Lipinski definition) is 2. The Kier molecular flexibility index (Phi) is 6.19. The minimum absolute atomic E-state index is 0.383. The average molecular weight is 262 g/mol. The number of guanidine groups is 1. The van der Waals surface area contributed by atoms with Crippen LogP contribution in [-0.4, -0.2) is 38.7 Å². The molecule has 0 spiro atoms. The van der Waals surface area contributed by atoms with Crippen LogP contribution in [-0.2, 0) is 0 Å². The molecule has 0 aliphatic heterocycles. The molecule has 1 unspecified atom stereocenters. The molecule has 1 aromatic rings. The molecule has 2 N–H and O–H groups in total. The third-order valence-electron chi connectivity index (χ3n) is 3.04. The van der Waals surface area contributed by atoms with Gasteiger partial charge in [-0.1, -0.05) is 18.2 Å². The summed E-state index contributed by atoms with van der Waals surface area (Å²) in [5.41, 5.74) is 1.23. The van der Waals surface area contributed by atoms with Crippen LogP contribution in [0, 0.1) is 0 Å². The van der Waals surface area contributed by atoms with Gasteiger partial charge < -0.3 is 15.5 Å². The van der Waals surface area contributed by atoms with Crippen LogP contribution >= 0.6 is 0 Å². The summed E-state index contributed by atoms with van der Waals surface area (Å²) in [7, 11) is 3.91. The van der Waals surface area contributed by atoms with Crippen molar-refractivity contribution < 1.29 is 0 Å². The van der Waals surface area contributed by atoms with Crippen molar-refractivity contribution >= 4 is 11.6 Å². The second-order valence-corrected chi connectivity index (χ2v) is 5.05. The Labute approximate surface area is 116 Å². The summed E-state index contributed by atoms with van der Waals surface area (Å²) in [6.07, 6.45) is 0. The van der Waals surface area contributed by atoms with Crippen LogP contribution in [0.15, 0.2) is 35.3 Å². The van der Waals surface area contributed by atoms with E-state index in [4.69, 9.17) is 0 Å². The lowest BCUT2D eigenvalue weighted by Gasteiger charge is -2.28. The molecule has 0 saturated carbocycles. The van der Waals surface area contributed by atoms with Crippen molar-refractivity contribution in [3.05, 3.63) is 30.3 Å². The van der Waals surface area contributed by atoms with E-state index in [2.05, 4.69) is 72.6 Å². The summed E-state index contributed by atoms with van der Waals surface area (Å²) in [5, 5.41) is 6.63. The number of nitrogens with zero attached hydrogens (tertiary/aromatic N) is 2. The molecular formula is C15H26N4. The summed E-state index contributed by atoms with van der Waals surface area (Å²) < 4.78 is 0. The largest absolute Gasteiger partial charge is 0.370 e. The van der Waals surface area contributed by atoms with Gasteiger partial charge in [0.1, 0.15) is 0 Å². The Morgan fingerprint density at radius 2 is 1.84 bits per heavy atom. The SMILES string of the molecule is CN=C(NCC(C)N(C)c1ccccc1)NC(C)C. The van der Waals surface area contributed by atoms with Crippen LogP contribution in [0.5, 0.6) is 0 Å². The molecule has 1 rings (SSSR count). The normalized spacial score (nSPS) is 13.3. The smallest absolute Gasteiger partial charge is 0.191 e. The Morgan fingerprint density at radius 1 is 1.21 bits per heavy atom. The zero-order chi connectivity index (χ0) is 14.3. The number of aliphatic imine (C=N–C) groups is 1. The average Bonchev–Trinajstić information content (AvgIpc) is 2.42. The lowest BCUT2D eigenvalue weighted by atomic mass is 10.2. The van der Waals surface area contributed by atoms with Crippen molar-refractivity contribution in [2.24, 2.45) is 4.99 Å². The van der Waals surface area contributed by atoms with Crippen molar-refractivity contribution in [1.82, 2.24) is 10.6 Å². The molecule has 0 aliphatic rings. The fraction of sp³-hybridized carbons (Fsp3) is 0.533. The molecule has 1 atom stereocenters. The summed E-state index contributed by atoms with van der Waals surface area (Å²) in [6, 6.07) is 11.2.